The highest BCUT2D eigenvalue weighted by Gasteiger charge is 2.25. The summed E-state index contributed by atoms with van der Waals surface area (Å²) in [4.78, 5) is 24.5. The Kier molecular flexibility index (Phi) is 3.13. The molecule has 1 aromatic carbocycles. The Hall–Kier alpha value is -1.84. The molecular weight excluding hydrogens is 216 g/mol. The predicted molar refractivity (Wildman–Crippen MR) is 66.0 cm³/mol. The first kappa shape index (κ1) is 11.6. The molecule has 1 N–H and O–H groups in total. The van der Waals surface area contributed by atoms with Crippen LogP contribution in [0.15, 0.2) is 24.3 Å². The number of hydrogen-bond donors (Lipinski definition) is 1. The molecule has 0 radical (unpaired) electrons. The average molecular weight is 232 g/mol. The number of urea groups is 1. The minimum atomic E-state index is -0.325. The van der Waals surface area contributed by atoms with Gasteiger partial charge in [-0.25, -0.2) is 4.79 Å². The van der Waals surface area contributed by atoms with Crippen molar-refractivity contribution in [3.63, 3.8) is 0 Å². The largest absolute Gasteiger partial charge is 0.328 e. The summed E-state index contributed by atoms with van der Waals surface area (Å²) in [6.45, 7) is 4.63. The van der Waals surface area contributed by atoms with Gasteiger partial charge in [0.05, 0.1) is 0 Å². The predicted octanol–water partition coefficient (Wildman–Crippen LogP) is 2.26. The Morgan fingerprint density at radius 3 is 2.59 bits per heavy atom. The van der Waals surface area contributed by atoms with Crippen LogP contribution >= 0.6 is 0 Å². The molecule has 1 saturated heterocycles. The van der Waals surface area contributed by atoms with Crippen molar-refractivity contribution in [3.05, 3.63) is 29.8 Å². The number of imide groups is 1. The van der Waals surface area contributed by atoms with E-state index in [9.17, 15) is 9.59 Å². The Balaban J connectivity index is 2.34. The molecule has 0 atom stereocenters. The second-order valence-corrected chi connectivity index (χ2v) is 4.47. The maximum atomic E-state index is 11.8. The molecule has 4 heteroatoms. The molecule has 3 amide bonds. The SMILES string of the molecule is CC(C)c1ccccc1N1CCC(=O)NC1=O. The van der Waals surface area contributed by atoms with Crippen molar-refractivity contribution < 1.29 is 9.59 Å². The lowest BCUT2D eigenvalue weighted by molar-refractivity contribution is -0.120. The summed E-state index contributed by atoms with van der Waals surface area (Å²) in [6, 6.07) is 7.49. The molecule has 4 nitrogen and oxygen atoms in total. The normalized spacial score (nSPS) is 16.3. The molecule has 0 spiro atoms. The van der Waals surface area contributed by atoms with Gasteiger partial charge in [0.25, 0.3) is 0 Å². The van der Waals surface area contributed by atoms with E-state index < -0.39 is 0 Å². The number of carbonyl (C=O) groups is 2. The van der Waals surface area contributed by atoms with Gasteiger partial charge in [-0.15, -0.1) is 0 Å². The van der Waals surface area contributed by atoms with Crippen LogP contribution in [0.1, 0.15) is 31.7 Å². The number of carbonyl (C=O) groups excluding carboxylic acids is 2. The fraction of sp³-hybridized carbons (Fsp3) is 0.385. The number of nitrogens with zero attached hydrogens (tertiary/aromatic N) is 1. The van der Waals surface area contributed by atoms with Crippen molar-refractivity contribution in [1.82, 2.24) is 5.32 Å². The van der Waals surface area contributed by atoms with E-state index >= 15 is 0 Å². The third kappa shape index (κ3) is 2.30. The zero-order chi connectivity index (χ0) is 12.4. The molecule has 1 heterocycles. The smallest absolute Gasteiger partial charge is 0.293 e. The van der Waals surface area contributed by atoms with Gasteiger partial charge in [0.1, 0.15) is 0 Å². The van der Waals surface area contributed by atoms with E-state index in [1.54, 1.807) is 4.90 Å². The standard InChI is InChI=1S/C13H16N2O2/c1-9(2)10-5-3-4-6-11(10)15-8-7-12(16)14-13(15)17/h3-6,9H,7-8H2,1-2H3,(H,14,16,17). The van der Waals surface area contributed by atoms with Crippen molar-refractivity contribution in [2.75, 3.05) is 11.4 Å². The molecule has 1 aromatic rings. The third-order valence-electron chi connectivity index (χ3n) is 2.90. The first-order chi connectivity index (χ1) is 8.09. The third-order valence-corrected chi connectivity index (χ3v) is 2.90. The first-order valence-electron chi connectivity index (χ1n) is 5.80. The van der Waals surface area contributed by atoms with Crippen LogP contribution in [0.4, 0.5) is 10.5 Å². The quantitative estimate of drug-likeness (QED) is 0.850. The summed E-state index contributed by atoms with van der Waals surface area (Å²) in [5.74, 6) is 0.143. The van der Waals surface area contributed by atoms with Gasteiger partial charge in [-0.2, -0.15) is 0 Å². The van der Waals surface area contributed by atoms with Gasteiger partial charge < -0.3 is 0 Å². The van der Waals surface area contributed by atoms with Crippen LogP contribution in [0.3, 0.4) is 0 Å². The van der Waals surface area contributed by atoms with E-state index in [1.807, 2.05) is 24.3 Å². The zero-order valence-electron chi connectivity index (χ0n) is 10.1. The molecule has 90 valence electrons. The molecule has 0 unspecified atom stereocenters. The van der Waals surface area contributed by atoms with E-state index in [-0.39, 0.29) is 11.9 Å². The monoisotopic (exact) mass is 232 g/mol. The van der Waals surface area contributed by atoms with Crippen LogP contribution in [0, 0.1) is 0 Å². The van der Waals surface area contributed by atoms with Crippen LogP contribution in [0.25, 0.3) is 0 Å². The number of benzene rings is 1. The fourth-order valence-corrected chi connectivity index (χ4v) is 2.02. The molecule has 2 rings (SSSR count). The van der Waals surface area contributed by atoms with Crippen LogP contribution in [-0.2, 0) is 4.79 Å². The summed E-state index contributed by atoms with van der Waals surface area (Å²) in [5.41, 5.74) is 2.02. The molecule has 1 aliphatic rings. The molecule has 0 aromatic heterocycles. The summed E-state index contributed by atoms with van der Waals surface area (Å²) in [5, 5.41) is 2.34. The van der Waals surface area contributed by atoms with Crippen LogP contribution < -0.4 is 10.2 Å². The van der Waals surface area contributed by atoms with Gasteiger partial charge in [0.2, 0.25) is 5.91 Å². The lowest BCUT2D eigenvalue weighted by atomic mass is 10.00. The van der Waals surface area contributed by atoms with E-state index in [2.05, 4.69) is 19.2 Å². The summed E-state index contributed by atoms with van der Waals surface area (Å²) in [7, 11) is 0. The Bertz CT molecular complexity index is 454. The number of hydrogen-bond acceptors (Lipinski definition) is 2. The van der Waals surface area contributed by atoms with Crippen LogP contribution in [0.5, 0.6) is 0 Å². The van der Waals surface area contributed by atoms with E-state index in [4.69, 9.17) is 0 Å². The summed E-state index contributed by atoms with van der Waals surface area (Å²) >= 11 is 0. The minimum absolute atomic E-state index is 0.201. The number of para-hydroxylation sites is 1. The van der Waals surface area contributed by atoms with Crippen molar-refractivity contribution in [3.8, 4) is 0 Å². The van der Waals surface area contributed by atoms with Crippen molar-refractivity contribution >= 4 is 17.6 Å². The molecule has 0 saturated carbocycles. The van der Waals surface area contributed by atoms with Crippen LogP contribution in [-0.4, -0.2) is 18.5 Å². The van der Waals surface area contributed by atoms with Crippen molar-refractivity contribution in [2.24, 2.45) is 0 Å². The molecule has 1 aliphatic heterocycles. The minimum Gasteiger partial charge on any atom is -0.293 e. The second kappa shape index (κ2) is 4.57. The molecular formula is C13H16N2O2. The van der Waals surface area contributed by atoms with E-state index in [1.165, 1.54) is 0 Å². The number of nitrogens with one attached hydrogen (secondary N) is 1. The van der Waals surface area contributed by atoms with Gasteiger partial charge >= 0.3 is 6.03 Å². The molecule has 1 fully saturated rings. The summed E-state index contributed by atoms with van der Waals surface area (Å²) < 4.78 is 0. The van der Waals surface area contributed by atoms with Crippen molar-refractivity contribution in [1.29, 1.82) is 0 Å². The topological polar surface area (TPSA) is 49.4 Å². The lowest BCUT2D eigenvalue weighted by Crippen LogP contribution is -2.49. The molecule has 17 heavy (non-hydrogen) atoms. The van der Waals surface area contributed by atoms with E-state index in [0.29, 0.717) is 18.9 Å². The number of anilines is 1. The van der Waals surface area contributed by atoms with Gasteiger partial charge in [0, 0.05) is 18.7 Å². The lowest BCUT2D eigenvalue weighted by Gasteiger charge is -2.29. The van der Waals surface area contributed by atoms with Gasteiger partial charge in [-0.3, -0.25) is 15.0 Å². The second-order valence-electron chi connectivity index (χ2n) is 4.47. The maximum Gasteiger partial charge on any atom is 0.328 e. The number of amides is 3. The Morgan fingerprint density at radius 1 is 1.24 bits per heavy atom. The molecule has 0 aliphatic carbocycles. The highest BCUT2D eigenvalue weighted by Crippen LogP contribution is 2.28. The average Bonchev–Trinajstić information content (AvgIpc) is 2.29. The highest BCUT2D eigenvalue weighted by atomic mass is 16.2. The van der Waals surface area contributed by atoms with Crippen LogP contribution in [0.2, 0.25) is 0 Å². The summed E-state index contributed by atoms with van der Waals surface area (Å²) in [6.07, 6.45) is 0.359. The maximum absolute atomic E-state index is 11.8. The van der Waals surface area contributed by atoms with Crippen molar-refractivity contribution in [2.45, 2.75) is 26.2 Å². The van der Waals surface area contributed by atoms with Gasteiger partial charge in [-0.1, -0.05) is 32.0 Å². The zero-order valence-corrected chi connectivity index (χ0v) is 10.1. The van der Waals surface area contributed by atoms with E-state index in [0.717, 1.165) is 11.3 Å². The Morgan fingerprint density at radius 2 is 1.94 bits per heavy atom. The highest BCUT2D eigenvalue weighted by molar-refractivity contribution is 6.05. The molecule has 0 bridgehead atoms. The number of rotatable bonds is 2. The fourth-order valence-electron chi connectivity index (χ4n) is 2.02. The Labute approximate surface area is 101 Å². The van der Waals surface area contributed by atoms with Gasteiger partial charge in [-0.05, 0) is 17.5 Å². The van der Waals surface area contributed by atoms with Gasteiger partial charge in [0.15, 0.2) is 0 Å². The first-order valence-corrected chi connectivity index (χ1v) is 5.80.